The molecule has 0 aromatic carbocycles. The molecule has 0 aromatic heterocycles. The monoisotopic (exact) mass is 268 g/mol. The normalized spacial score (nSPS) is 6.67. The summed E-state index contributed by atoms with van der Waals surface area (Å²) in [6.07, 6.45) is 0. The molecule has 44 valence electrons. The Morgan fingerprint density at radius 3 is 0.889 bits per heavy atom. The van der Waals surface area contributed by atoms with E-state index in [1.54, 1.807) is 0 Å². The minimum atomic E-state index is -4.61. The molecule has 0 amide bonds. The molecule has 0 aliphatic heterocycles. The molecule has 0 aliphatic carbocycles. The van der Waals surface area contributed by atoms with Gasteiger partial charge in [-0.1, -0.05) is 0 Å². The predicted octanol–water partition coefficient (Wildman–Crippen LogP) is -5.09. The van der Waals surface area contributed by atoms with Crippen molar-refractivity contribution in [2.24, 2.45) is 0 Å². The Kier molecular flexibility index (Phi) is 48.2. The first kappa shape index (κ1) is 29.2. The molecule has 0 unspecified atom stereocenters. The molecule has 0 heterocycles. The second-order valence-electron chi connectivity index (χ2n) is 0.600. The van der Waals surface area contributed by atoms with Gasteiger partial charge < -0.3 is 19.2 Å². The van der Waals surface area contributed by atoms with Crippen LogP contribution < -0.4 is 0 Å². The quantitative estimate of drug-likeness (QED) is 0.332. The second-order valence-corrected chi connectivity index (χ2v) is 1.80. The van der Waals surface area contributed by atoms with E-state index in [9.17, 15) is 0 Å². The molecule has 0 atom stereocenters. The van der Waals surface area contributed by atoms with Crippen LogP contribution in [0.15, 0.2) is 0 Å². The summed E-state index contributed by atoms with van der Waals surface area (Å²) in [6, 6.07) is 0. The van der Waals surface area contributed by atoms with Crippen molar-refractivity contribution in [3.05, 3.63) is 0 Å². The molecular weight excluding hydrogens is 261 g/mol. The SMILES string of the molecule is O[Si](O)(O)O.[CaH2].[KH].[MgH2].[Zn]. The third-order valence-electron chi connectivity index (χ3n) is 0. The van der Waals surface area contributed by atoms with Crippen molar-refractivity contribution in [2.75, 3.05) is 0 Å². The largest absolute Gasteiger partial charge is 0.316 e. The van der Waals surface area contributed by atoms with Gasteiger partial charge >= 0.3 is 121 Å². The summed E-state index contributed by atoms with van der Waals surface area (Å²) in [5.41, 5.74) is 0. The van der Waals surface area contributed by atoms with E-state index in [-0.39, 0.29) is 132 Å². The third-order valence-corrected chi connectivity index (χ3v) is 0. The molecule has 4 N–H and O–H groups in total. The van der Waals surface area contributed by atoms with E-state index in [1.807, 2.05) is 0 Å². The third kappa shape index (κ3) is 70.0. The van der Waals surface area contributed by atoms with Crippen LogP contribution in [-0.4, -0.2) is 140 Å². The molecule has 9 heteroatoms. The number of hydrogen-bond acceptors (Lipinski definition) is 4. The van der Waals surface area contributed by atoms with Crippen molar-refractivity contribution < 1.29 is 38.7 Å². The molecule has 0 saturated carbocycles. The summed E-state index contributed by atoms with van der Waals surface area (Å²) in [4.78, 5) is 29.3. The molecule has 0 spiro atoms. The summed E-state index contributed by atoms with van der Waals surface area (Å²) >= 11 is 0. The second kappa shape index (κ2) is 14.8. The fourth-order valence-corrected chi connectivity index (χ4v) is 0. The standard InChI is InChI=1S/Ca.K.Mg.H4O4Si.Zn.5H/c;;;1-5(2,3)4;;;;;;/h;;;1-4H;;;;;;. The Morgan fingerprint density at radius 1 is 0.889 bits per heavy atom. The minimum absolute atomic E-state index is 0. The number of hydrogen-bond donors (Lipinski definition) is 4. The van der Waals surface area contributed by atoms with Crippen molar-refractivity contribution in [3.63, 3.8) is 0 Å². The average Bonchev–Trinajstić information content (AvgIpc) is 0.722. The zero-order valence-corrected chi connectivity index (χ0v) is 6.96. The molecule has 9 heavy (non-hydrogen) atoms. The van der Waals surface area contributed by atoms with Gasteiger partial charge in [-0.15, -0.1) is 0 Å². The van der Waals surface area contributed by atoms with Gasteiger partial charge in [0, 0.05) is 19.5 Å². The van der Waals surface area contributed by atoms with Crippen LogP contribution in [-0.2, 0) is 19.5 Å². The zero-order valence-electron chi connectivity index (χ0n) is 3.00. The summed E-state index contributed by atoms with van der Waals surface area (Å²) < 4.78 is 0. The first-order valence-electron chi connectivity index (χ1n) is 0.894. The molecule has 0 fully saturated rings. The van der Waals surface area contributed by atoms with E-state index in [0.29, 0.717) is 0 Å². The van der Waals surface area contributed by atoms with Crippen LogP contribution in [0.2, 0.25) is 0 Å². The first-order valence-corrected chi connectivity index (χ1v) is 2.68. The van der Waals surface area contributed by atoms with Gasteiger partial charge in [-0.3, -0.25) is 0 Å². The van der Waals surface area contributed by atoms with Gasteiger partial charge in [0.15, 0.2) is 0 Å². The Bertz CT molecular complexity index is 36.0. The van der Waals surface area contributed by atoms with Crippen LogP contribution in [0, 0.1) is 0 Å². The van der Waals surface area contributed by atoms with Crippen LogP contribution in [0.25, 0.3) is 0 Å². The van der Waals surface area contributed by atoms with Gasteiger partial charge in [0.1, 0.15) is 0 Å². The number of rotatable bonds is 0. The summed E-state index contributed by atoms with van der Waals surface area (Å²) in [5, 5.41) is 0. The van der Waals surface area contributed by atoms with Crippen molar-refractivity contribution in [1.29, 1.82) is 0 Å². The maximum Gasteiger partial charge on any atom is 0.316 e. The topological polar surface area (TPSA) is 80.9 Å². The van der Waals surface area contributed by atoms with Gasteiger partial charge in [0.05, 0.1) is 0 Å². The van der Waals surface area contributed by atoms with Gasteiger partial charge in [-0.2, -0.15) is 0 Å². The van der Waals surface area contributed by atoms with Gasteiger partial charge in [0.25, 0.3) is 0 Å². The fraction of sp³-hybridized carbons (Fsp3) is 0. The van der Waals surface area contributed by atoms with Crippen LogP contribution in [0.5, 0.6) is 0 Å². The molecule has 0 aliphatic rings. The van der Waals surface area contributed by atoms with Crippen LogP contribution >= 0.6 is 0 Å². The van der Waals surface area contributed by atoms with Crippen molar-refractivity contribution >= 4 is 121 Å². The summed E-state index contributed by atoms with van der Waals surface area (Å²) in [5.74, 6) is 0. The Labute approximate surface area is 156 Å². The first-order chi connectivity index (χ1) is 2.00. The zero-order chi connectivity index (χ0) is 4.50. The van der Waals surface area contributed by atoms with Crippen LogP contribution in [0.3, 0.4) is 0 Å². The average molecular weight is 270 g/mol. The molecule has 0 saturated heterocycles. The fourth-order valence-electron chi connectivity index (χ4n) is 0. The van der Waals surface area contributed by atoms with Crippen molar-refractivity contribution in [3.8, 4) is 0 Å². The van der Waals surface area contributed by atoms with Crippen LogP contribution in [0.1, 0.15) is 0 Å². The predicted molar refractivity (Wildman–Crippen MR) is 38.9 cm³/mol. The van der Waals surface area contributed by atoms with E-state index in [1.165, 1.54) is 0 Å². The Morgan fingerprint density at radius 2 is 0.889 bits per heavy atom. The van der Waals surface area contributed by atoms with E-state index >= 15 is 0 Å². The summed E-state index contributed by atoms with van der Waals surface area (Å²) in [6.45, 7) is 0. The minimum Gasteiger partial charge on any atom is 0 e. The molecule has 4 nitrogen and oxygen atoms in total. The molecular formula is H9CaKMgO4SiZn. The summed E-state index contributed by atoms with van der Waals surface area (Å²) in [7, 11) is -4.61. The maximum absolute atomic E-state index is 7.33. The molecule has 0 bridgehead atoms. The van der Waals surface area contributed by atoms with Crippen molar-refractivity contribution in [2.45, 2.75) is 0 Å². The Hall–Kier alpha value is 4.34. The van der Waals surface area contributed by atoms with E-state index in [4.69, 9.17) is 19.2 Å². The smallest absolute Gasteiger partial charge is 0 e. The van der Waals surface area contributed by atoms with Gasteiger partial charge in [-0.05, 0) is 0 Å². The molecule has 0 aromatic rings. The van der Waals surface area contributed by atoms with Crippen molar-refractivity contribution in [1.82, 2.24) is 0 Å². The maximum atomic E-state index is 7.33. The van der Waals surface area contributed by atoms with Crippen LogP contribution in [0.4, 0.5) is 0 Å². The van der Waals surface area contributed by atoms with E-state index < -0.39 is 9.05 Å². The molecule has 0 rings (SSSR count). The Balaban J connectivity index is -0.0000000133. The van der Waals surface area contributed by atoms with Gasteiger partial charge in [-0.25, -0.2) is 0 Å². The van der Waals surface area contributed by atoms with E-state index in [0.717, 1.165) is 0 Å². The van der Waals surface area contributed by atoms with Gasteiger partial charge in [0.2, 0.25) is 0 Å². The van der Waals surface area contributed by atoms with E-state index in [2.05, 4.69) is 0 Å². The molecule has 0 radical (unpaired) electrons.